The van der Waals surface area contributed by atoms with E-state index in [2.05, 4.69) is 9.72 Å². The minimum absolute atomic E-state index is 0.169. The summed E-state index contributed by atoms with van der Waals surface area (Å²) in [5.41, 5.74) is 5.98. The highest BCUT2D eigenvalue weighted by Gasteiger charge is 2.20. The van der Waals surface area contributed by atoms with E-state index in [1.54, 1.807) is 9.69 Å². The summed E-state index contributed by atoms with van der Waals surface area (Å²) in [7, 11) is 4.97. The van der Waals surface area contributed by atoms with Gasteiger partial charge >= 0.3 is 5.97 Å². The molecule has 0 aliphatic rings. The van der Waals surface area contributed by atoms with Gasteiger partial charge in [0.05, 0.1) is 7.11 Å². The van der Waals surface area contributed by atoms with E-state index in [9.17, 15) is 4.79 Å². The molecule has 0 aromatic carbocycles. The SMILES string of the molecule is CCc1nc(C(=O)OC)c(N)n1N(C)C. The maximum absolute atomic E-state index is 11.3. The summed E-state index contributed by atoms with van der Waals surface area (Å²) >= 11 is 0. The highest BCUT2D eigenvalue weighted by molar-refractivity contribution is 5.92. The molecule has 0 bridgehead atoms. The van der Waals surface area contributed by atoms with E-state index in [0.29, 0.717) is 12.2 Å². The van der Waals surface area contributed by atoms with Crippen molar-refractivity contribution in [2.24, 2.45) is 0 Å². The molecule has 2 N–H and O–H groups in total. The van der Waals surface area contributed by atoms with E-state index < -0.39 is 5.97 Å². The molecule has 0 amide bonds. The first kappa shape index (κ1) is 11.4. The van der Waals surface area contributed by atoms with Crippen LogP contribution in [0.25, 0.3) is 0 Å². The zero-order valence-corrected chi connectivity index (χ0v) is 9.44. The van der Waals surface area contributed by atoms with Gasteiger partial charge in [-0.15, -0.1) is 0 Å². The van der Waals surface area contributed by atoms with Crippen LogP contribution in [0.15, 0.2) is 0 Å². The monoisotopic (exact) mass is 212 g/mol. The van der Waals surface area contributed by atoms with Gasteiger partial charge in [-0.3, -0.25) is 0 Å². The Morgan fingerprint density at radius 1 is 1.60 bits per heavy atom. The Morgan fingerprint density at radius 3 is 2.53 bits per heavy atom. The fraction of sp³-hybridized carbons (Fsp3) is 0.556. The third-order valence-corrected chi connectivity index (χ3v) is 2.05. The number of hydrogen-bond acceptors (Lipinski definition) is 5. The van der Waals surface area contributed by atoms with Crippen molar-refractivity contribution >= 4 is 11.8 Å². The van der Waals surface area contributed by atoms with Gasteiger partial charge in [0.2, 0.25) is 0 Å². The summed E-state index contributed by atoms with van der Waals surface area (Å²) in [6.45, 7) is 1.95. The van der Waals surface area contributed by atoms with Gasteiger partial charge < -0.3 is 15.5 Å². The van der Waals surface area contributed by atoms with Crippen LogP contribution in [0, 0.1) is 0 Å². The quantitative estimate of drug-likeness (QED) is 0.714. The van der Waals surface area contributed by atoms with Crippen LogP contribution in [0.2, 0.25) is 0 Å². The number of nitrogens with zero attached hydrogens (tertiary/aromatic N) is 3. The maximum Gasteiger partial charge on any atom is 0.360 e. The summed E-state index contributed by atoms with van der Waals surface area (Å²) < 4.78 is 6.28. The second-order valence-electron chi connectivity index (χ2n) is 3.27. The van der Waals surface area contributed by atoms with Gasteiger partial charge in [-0.1, -0.05) is 6.92 Å². The summed E-state index contributed by atoms with van der Waals surface area (Å²) in [5.74, 6) is 0.532. The highest BCUT2D eigenvalue weighted by atomic mass is 16.5. The summed E-state index contributed by atoms with van der Waals surface area (Å²) in [4.78, 5) is 15.5. The fourth-order valence-electron chi connectivity index (χ4n) is 1.40. The summed E-state index contributed by atoms with van der Waals surface area (Å²) in [6, 6.07) is 0. The van der Waals surface area contributed by atoms with Crippen molar-refractivity contribution in [2.75, 3.05) is 31.9 Å². The number of ether oxygens (including phenoxy) is 1. The first-order valence-electron chi connectivity index (χ1n) is 4.65. The number of aryl methyl sites for hydroxylation is 1. The number of nitrogens with two attached hydrogens (primary N) is 1. The molecule has 15 heavy (non-hydrogen) atoms. The van der Waals surface area contributed by atoms with Gasteiger partial charge in [0.15, 0.2) is 11.5 Å². The lowest BCUT2D eigenvalue weighted by Crippen LogP contribution is -2.28. The molecule has 1 aromatic rings. The molecule has 1 rings (SSSR count). The van der Waals surface area contributed by atoms with Crippen LogP contribution in [0.3, 0.4) is 0 Å². The molecule has 84 valence electrons. The Balaban J connectivity index is 3.28. The van der Waals surface area contributed by atoms with Crippen LogP contribution >= 0.6 is 0 Å². The first-order chi connectivity index (χ1) is 7.02. The number of aromatic nitrogens is 2. The Labute approximate surface area is 88.6 Å². The fourth-order valence-corrected chi connectivity index (χ4v) is 1.40. The molecule has 0 radical (unpaired) electrons. The van der Waals surface area contributed by atoms with Crippen molar-refractivity contribution in [1.82, 2.24) is 9.66 Å². The summed E-state index contributed by atoms with van der Waals surface area (Å²) in [5, 5.41) is 1.77. The maximum atomic E-state index is 11.3. The molecule has 0 unspecified atom stereocenters. The first-order valence-corrected chi connectivity index (χ1v) is 4.65. The van der Waals surface area contributed by atoms with Crippen LogP contribution < -0.4 is 10.7 Å². The van der Waals surface area contributed by atoms with Crippen molar-refractivity contribution in [3.05, 3.63) is 11.5 Å². The average Bonchev–Trinajstić information content (AvgIpc) is 2.54. The van der Waals surface area contributed by atoms with Crippen molar-refractivity contribution in [3.8, 4) is 0 Å². The number of methoxy groups -OCH3 is 1. The molecule has 6 nitrogen and oxygen atoms in total. The largest absolute Gasteiger partial charge is 0.464 e. The molecule has 1 aromatic heterocycles. The predicted molar refractivity (Wildman–Crippen MR) is 57.4 cm³/mol. The van der Waals surface area contributed by atoms with Crippen LogP contribution in [0.1, 0.15) is 23.2 Å². The predicted octanol–water partition coefficient (Wildman–Crippen LogP) is 0.0119. The van der Waals surface area contributed by atoms with Crippen molar-refractivity contribution in [2.45, 2.75) is 13.3 Å². The van der Waals surface area contributed by atoms with Gasteiger partial charge in [-0.05, 0) is 0 Å². The van der Waals surface area contributed by atoms with Gasteiger partial charge in [0.25, 0.3) is 0 Å². The second kappa shape index (κ2) is 4.20. The Hall–Kier alpha value is -1.72. The third kappa shape index (κ3) is 1.88. The van der Waals surface area contributed by atoms with Crippen molar-refractivity contribution < 1.29 is 9.53 Å². The number of esters is 1. The highest BCUT2D eigenvalue weighted by Crippen LogP contribution is 2.15. The van der Waals surface area contributed by atoms with Crippen molar-refractivity contribution in [3.63, 3.8) is 0 Å². The van der Waals surface area contributed by atoms with E-state index in [1.807, 2.05) is 21.0 Å². The molecule has 0 aliphatic carbocycles. The smallest absolute Gasteiger partial charge is 0.360 e. The molecule has 0 saturated carbocycles. The standard InChI is InChI=1S/C9H16N4O2/c1-5-6-11-7(9(14)15-4)8(10)13(6)12(2)3/h5,10H2,1-4H3. The molecule has 0 spiro atoms. The zero-order valence-electron chi connectivity index (χ0n) is 9.44. The molecule has 0 fully saturated rings. The van der Waals surface area contributed by atoms with Crippen LogP contribution in [-0.4, -0.2) is 36.8 Å². The number of carbonyl (C=O) groups is 1. The number of imidazole rings is 1. The lowest BCUT2D eigenvalue weighted by atomic mass is 10.4. The summed E-state index contributed by atoms with van der Waals surface area (Å²) in [6.07, 6.45) is 0.694. The Morgan fingerprint density at radius 2 is 2.20 bits per heavy atom. The topological polar surface area (TPSA) is 73.4 Å². The van der Waals surface area contributed by atoms with Crippen molar-refractivity contribution in [1.29, 1.82) is 0 Å². The molecular formula is C9H16N4O2. The third-order valence-electron chi connectivity index (χ3n) is 2.05. The number of hydrogen-bond donors (Lipinski definition) is 1. The average molecular weight is 212 g/mol. The Bertz CT molecular complexity index is 370. The molecular weight excluding hydrogens is 196 g/mol. The lowest BCUT2D eigenvalue weighted by Gasteiger charge is -2.17. The van der Waals surface area contributed by atoms with E-state index in [4.69, 9.17) is 5.73 Å². The molecule has 6 heteroatoms. The minimum atomic E-state index is -0.511. The van der Waals surface area contributed by atoms with Gasteiger partial charge in [-0.25, -0.2) is 14.5 Å². The van der Waals surface area contributed by atoms with E-state index in [-0.39, 0.29) is 5.69 Å². The molecule has 0 aliphatic heterocycles. The molecule has 0 atom stereocenters. The van der Waals surface area contributed by atoms with Crippen LogP contribution in [0.4, 0.5) is 5.82 Å². The minimum Gasteiger partial charge on any atom is -0.464 e. The van der Waals surface area contributed by atoms with E-state index in [1.165, 1.54) is 7.11 Å². The van der Waals surface area contributed by atoms with Gasteiger partial charge in [-0.2, -0.15) is 0 Å². The number of carbonyl (C=O) groups excluding carboxylic acids is 1. The number of anilines is 1. The normalized spacial score (nSPS) is 10.1. The van der Waals surface area contributed by atoms with Gasteiger partial charge in [0, 0.05) is 20.5 Å². The number of rotatable bonds is 3. The zero-order chi connectivity index (χ0) is 11.6. The number of nitrogen functional groups attached to an aromatic ring is 1. The van der Waals surface area contributed by atoms with E-state index >= 15 is 0 Å². The molecule has 0 saturated heterocycles. The van der Waals surface area contributed by atoms with Crippen LogP contribution in [0.5, 0.6) is 0 Å². The van der Waals surface area contributed by atoms with E-state index in [0.717, 1.165) is 5.82 Å². The lowest BCUT2D eigenvalue weighted by molar-refractivity contribution is 0.0595. The van der Waals surface area contributed by atoms with Gasteiger partial charge in [0.1, 0.15) is 5.82 Å². The Kier molecular flexibility index (Phi) is 3.18. The van der Waals surface area contributed by atoms with Crippen LogP contribution in [-0.2, 0) is 11.2 Å². The molecule has 1 heterocycles. The second-order valence-corrected chi connectivity index (χ2v) is 3.27.